The summed E-state index contributed by atoms with van der Waals surface area (Å²) >= 11 is 0. The van der Waals surface area contributed by atoms with Gasteiger partial charge < -0.3 is 11.1 Å². The molecule has 0 radical (unpaired) electrons. The molecule has 1 heterocycles. The van der Waals surface area contributed by atoms with E-state index in [-0.39, 0.29) is 0 Å². The van der Waals surface area contributed by atoms with Gasteiger partial charge in [-0.25, -0.2) is 0 Å². The minimum Gasteiger partial charge on any atom is -0.398 e. The van der Waals surface area contributed by atoms with E-state index < -0.39 is 0 Å². The maximum atomic E-state index is 5.88. The molecular formula is C12H13N3. The van der Waals surface area contributed by atoms with Crippen molar-refractivity contribution in [2.75, 3.05) is 17.6 Å². The van der Waals surface area contributed by atoms with Crippen LogP contribution >= 0.6 is 0 Å². The predicted octanol–water partition coefficient (Wildman–Crippen LogP) is 2.41. The molecule has 3 nitrogen and oxygen atoms in total. The molecule has 3 N–H and O–H groups in total. The summed E-state index contributed by atoms with van der Waals surface area (Å²) in [5.74, 6) is 0. The lowest BCUT2D eigenvalue weighted by molar-refractivity contribution is 1.33. The summed E-state index contributed by atoms with van der Waals surface area (Å²) < 4.78 is 0. The van der Waals surface area contributed by atoms with Crippen LogP contribution in [0.5, 0.6) is 0 Å². The van der Waals surface area contributed by atoms with E-state index in [1.54, 1.807) is 6.20 Å². The highest BCUT2D eigenvalue weighted by atomic mass is 14.9. The summed E-state index contributed by atoms with van der Waals surface area (Å²) in [7, 11) is 0. The zero-order chi connectivity index (χ0) is 10.7. The van der Waals surface area contributed by atoms with Gasteiger partial charge in [0.05, 0.1) is 0 Å². The van der Waals surface area contributed by atoms with Crippen LogP contribution in [0.25, 0.3) is 10.8 Å². The van der Waals surface area contributed by atoms with Gasteiger partial charge in [0.25, 0.3) is 0 Å². The van der Waals surface area contributed by atoms with Crippen LogP contribution in [0.15, 0.2) is 43.2 Å². The number of fused-ring (bicyclic) bond motifs is 1. The van der Waals surface area contributed by atoms with Gasteiger partial charge in [0.2, 0.25) is 0 Å². The Morgan fingerprint density at radius 1 is 1.33 bits per heavy atom. The van der Waals surface area contributed by atoms with E-state index in [9.17, 15) is 0 Å². The van der Waals surface area contributed by atoms with E-state index >= 15 is 0 Å². The fraction of sp³-hybridized carbons (Fsp3) is 0.0833. The molecule has 0 bridgehead atoms. The Hall–Kier alpha value is -2.03. The third kappa shape index (κ3) is 1.76. The first kappa shape index (κ1) is 9.52. The summed E-state index contributed by atoms with van der Waals surface area (Å²) in [6.07, 6.45) is 5.38. The average Bonchev–Trinajstić information content (AvgIpc) is 2.29. The van der Waals surface area contributed by atoms with E-state index in [4.69, 9.17) is 5.73 Å². The zero-order valence-electron chi connectivity index (χ0n) is 8.40. The van der Waals surface area contributed by atoms with E-state index in [0.717, 1.165) is 28.7 Å². The van der Waals surface area contributed by atoms with Gasteiger partial charge >= 0.3 is 0 Å². The molecule has 1 aromatic heterocycles. The Morgan fingerprint density at radius 2 is 2.20 bits per heavy atom. The summed E-state index contributed by atoms with van der Waals surface area (Å²) in [5, 5.41) is 5.32. The van der Waals surface area contributed by atoms with Crippen molar-refractivity contribution in [1.29, 1.82) is 0 Å². The Morgan fingerprint density at radius 3 is 3.00 bits per heavy atom. The number of benzene rings is 1. The maximum absolute atomic E-state index is 5.88. The lowest BCUT2D eigenvalue weighted by Gasteiger charge is -2.09. The van der Waals surface area contributed by atoms with Crippen LogP contribution in [-0.2, 0) is 0 Å². The van der Waals surface area contributed by atoms with Crippen LogP contribution in [0.2, 0.25) is 0 Å². The van der Waals surface area contributed by atoms with Crippen LogP contribution in [0, 0.1) is 0 Å². The minimum atomic E-state index is 0.730. The Balaban J connectivity index is 2.56. The second-order valence-electron chi connectivity index (χ2n) is 3.29. The number of pyridine rings is 1. The van der Waals surface area contributed by atoms with E-state index in [0.29, 0.717) is 0 Å². The van der Waals surface area contributed by atoms with Crippen molar-refractivity contribution in [3.05, 3.63) is 43.2 Å². The van der Waals surface area contributed by atoms with Crippen molar-refractivity contribution in [3.8, 4) is 0 Å². The van der Waals surface area contributed by atoms with Gasteiger partial charge in [-0.3, -0.25) is 4.98 Å². The minimum absolute atomic E-state index is 0.730. The third-order valence-corrected chi connectivity index (χ3v) is 2.29. The van der Waals surface area contributed by atoms with Crippen LogP contribution in [-0.4, -0.2) is 11.5 Å². The molecule has 0 fully saturated rings. The standard InChI is InChI=1S/C12H13N3/c1-2-6-15-12-4-3-11(13)9-5-7-14-8-10(9)12/h2-5,7-8,15H,1,6,13H2. The van der Waals surface area contributed by atoms with Crippen molar-refractivity contribution in [2.24, 2.45) is 0 Å². The molecule has 1 aromatic carbocycles. The number of anilines is 2. The zero-order valence-corrected chi connectivity index (χ0v) is 8.40. The van der Waals surface area contributed by atoms with Crippen LogP contribution in [0.1, 0.15) is 0 Å². The number of nitrogens with zero attached hydrogens (tertiary/aromatic N) is 1. The SMILES string of the molecule is C=CCNc1ccc(N)c2ccncc12. The molecule has 76 valence electrons. The highest BCUT2D eigenvalue weighted by Gasteiger charge is 2.02. The molecule has 0 amide bonds. The highest BCUT2D eigenvalue weighted by molar-refractivity contribution is 6.00. The molecule has 3 heteroatoms. The van der Waals surface area contributed by atoms with E-state index in [1.165, 1.54) is 0 Å². The lowest BCUT2D eigenvalue weighted by Crippen LogP contribution is -1.99. The van der Waals surface area contributed by atoms with Crippen LogP contribution in [0.4, 0.5) is 11.4 Å². The second kappa shape index (κ2) is 4.00. The number of rotatable bonds is 3. The van der Waals surface area contributed by atoms with Crippen LogP contribution in [0.3, 0.4) is 0 Å². The number of nitrogen functional groups attached to an aromatic ring is 1. The number of nitrogens with one attached hydrogen (secondary N) is 1. The van der Waals surface area contributed by atoms with Crippen molar-refractivity contribution < 1.29 is 0 Å². The molecular weight excluding hydrogens is 186 g/mol. The molecule has 0 spiro atoms. The van der Waals surface area contributed by atoms with E-state index in [1.807, 2.05) is 30.5 Å². The predicted molar refractivity (Wildman–Crippen MR) is 64.8 cm³/mol. The normalized spacial score (nSPS) is 10.1. The molecule has 0 aliphatic rings. The molecule has 0 saturated heterocycles. The molecule has 0 atom stereocenters. The van der Waals surface area contributed by atoms with Crippen molar-refractivity contribution >= 4 is 22.1 Å². The fourth-order valence-corrected chi connectivity index (χ4v) is 1.55. The summed E-state index contributed by atoms with van der Waals surface area (Å²) in [6.45, 7) is 4.40. The number of aromatic nitrogens is 1. The average molecular weight is 199 g/mol. The van der Waals surface area contributed by atoms with E-state index in [2.05, 4.69) is 16.9 Å². The largest absolute Gasteiger partial charge is 0.398 e. The monoisotopic (exact) mass is 199 g/mol. The molecule has 0 aliphatic heterocycles. The first-order valence-corrected chi connectivity index (χ1v) is 4.80. The Labute approximate surface area is 88.6 Å². The van der Waals surface area contributed by atoms with Gasteiger partial charge in [-0.05, 0) is 18.2 Å². The number of nitrogens with two attached hydrogens (primary N) is 1. The fourth-order valence-electron chi connectivity index (χ4n) is 1.55. The van der Waals surface area contributed by atoms with Gasteiger partial charge in [-0.1, -0.05) is 6.08 Å². The van der Waals surface area contributed by atoms with Crippen molar-refractivity contribution in [1.82, 2.24) is 4.98 Å². The Bertz CT molecular complexity index is 491. The molecule has 0 saturated carbocycles. The van der Waals surface area contributed by atoms with Gasteiger partial charge in [0.15, 0.2) is 0 Å². The molecule has 2 aromatic rings. The number of hydrogen-bond donors (Lipinski definition) is 2. The first-order chi connectivity index (χ1) is 7.33. The number of hydrogen-bond acceptors (Lipinski definition) is 3. The van der Waals surface area contributed by atoms with Gasteiger partial charge in [0.1, 0.15) is 0 Å². The van der Waals surface area contributed by atoms with Gasteiger partial charge in [-0.15, -0.1) is 6.58 Å². The highest BCUT2D eigenvalue weighted by Crippen LogP contribution is 2.27. The van der Waals surface area contributed by atoms with Crippen molar-refractivity contribution in [2.45, 2.75) is 0 Å². The summed E-state index contributed by atoms with van der Waals surface area (Å²) in [6, 6.07) is 5.78. The molecule has 15 heavy (non-hydrogen) atoms. The smallest absolute Gasteiger partial charge is 0.0439 e. The lowest BCUT2D eigenvalue weighted by atomic mass is 10.1. The van der Waals surface area contributed by atoms with Gasteiger partial charge in [-0.2, -0.15) is 0 Å². The maximum Gasteiger partial charge on any atom is 0.0439 e. The Kier molecular flexibility index (Phi) is 2.54. The summed E-state index contributed by atoms with van der Waals surface area (Å²) in [5.41, 5.74) is 7.69. The van der Waals surface area contributed by atoms with Crippen molar-refractivity contribution in [3.63, 3.8) is 0 Å². The quantitative estimate of drug-likeness (QED) is 0.589. The molecule has 2 rings (SSSR count). The molecule has 0 aliphatic carbocycles. The first-order valence-electron chi connectivity index (χ1n) is 4.80. The molecule has 0 unspecified atom stereocenters. The van der Waals surface area contributed by atoms with Crippen LogP contribution < -0.4 is 11.1 Å². The summed E-state index contributed by atoms with van der Waals surface area (Å²) in [4.78, 5) is 4.10. The topological polar surface area (TPSA) is 50.9 Å². The third-order valence-electron chi connectivity index (χ3n) is 2.29. The van der Waals surface area contributed by atoms with Gasteiger partial charge in [0, 0.05) is 41.1 Å². The second-order valence-corrected chi connectivity index (χ2v) is 3.29.